The highest BCUT2D eigenvalue weighted by atomic mass is 16.5. The third-order valence-electron chi connectivity index (χ3n) is 3.55. The molecule has 0 aromatic heterocycles. The summed E-state index contributed by atoms with van der Waals surface area (Å²) < 4.78 is 5.45. The van der Waals surface area contributed by atoms with E-state index in [-0.39, 0.29) is 5.91 Å². The van der Waals surface area contributed by atoms with Gasteiger partial charge in [-0.2, -0.15) is 0 Å². The standard InChI is InChI=1S/C14H19NO2/c1-9-6-12(13(17-3)7-10(9)2)11-4-5-14(16)15-8-11/h6-7,11H,4-5,8H2,1-3H3,(H,15,16). The summed E-state index contributed by atoms with van der Waals surface area (Å²) in [7, 11) is 1.70. The number of hydrogen-bond donors (Lipinski definition) is 1. The molecule has 0 bridgehead atoms. The maximum Gasteiger partial charge on any atom is 0.220 e. The van der Waals surface area contributed by atoms with Crippen LogP contribution in [0.25, 0.3) is 0 Å². The van der Waals surface area contributed by atoms with Gasteiger partial charge in [0.1, 0.15) is 5.75 Å². The van der Waals surface area contributed by atoms with E-state index in [4.69, 9.17) is 4.74 Å². The second-order valence-corrected chi connectivity index (χ2v) is 4.72. The minimum atomic E-state index is 0.157. The first-order valence-corrected chi connectivity index (χ1v) is 6.03. The summed E-state index contributed by atoms with van der Waals surface area (Å²) in [5.41, 5.74) is 3.73. The lowest BCUT2D eigenvalue weighted by atomic mass is 9.89. The lowest BCUT2D eigenvalue weighted by molar-refractivity contribution is -0.122. The van der Waals surface area contributed by atoms with Crippen LogP contribution in [0, 0.1) is 13.8 Å². The monoisotopic (exact) mass is 233 g/mol. The van der Waals surface area contributed by atoms with Gasteiger partial charge in [0.25, 0.3) is 0 Å². The number of ether oxygens (including phenoxy) is 1. The van der Waals surface area contributed by atoms with Gasteiger partial charge in [-0.25, -0.2) is 0 Å². The van der Waals surface area contributed by atoms with Crippen LogP contribution in [0.4, 0.5) is 0 Å². The van der Waals surface area contributed by atoms with Crippen molar-refractivity contribution in [2.75, 3.05) is 13.7 Å². The number of rotatable bonds is 2. The van der Waals surface area contributed by atoms with Crippen LogP contribution >= 0.6 is 0 Å². The van der Waals surface area contributed by atoms with Crippen molar-refractivity contribution in [3.63, 3.8) is 0 Å². The Bertz CT molecular complexity index is 430. The minimum Gasteiger partial charge on any atom is -0.496 e. The molecule has 1 fully saturated rings. The zero-order valence-electron chi connectivity index (χ0n) is 10.7. The number of methoxy groups -OCH3 is 1. The van der Waals surface area contributed by atoms with Crippen molar-refractivity contribution in [3.05, 3.63) is 28.8 Å². The number of piperidine rings is 1. The zero-order valence-corrected chi connectivity index (χ0v) is 10.7. The van der Waals surface area contributed by atoms with Crippen molar-refractivity contribution in [1.82, 2.24) is 5.32 Å². The van der Waals surface area contributed by atoms with Crippen LogP contribution in [0.2, 0.25) is 0 Å². The molecule has 0 saturated carbocycles. The minimum absolute atomic E-state index is 0.157. The van der Waals surface area contributed by atoms with E-state index >= 15 is 0 Å². The van der Waals surface area contributed by atoms with Crippen LogP contribution in [0.15, 0.2) is 12.1 Å². The molecule has 3 nitrogen and oxygen atoms in total. The molecule has 1 aliphatic rings. The highest BCUT2D eigenvalue weighted by Crippen LogP contribution is 2.33. The van der Waals surface area contributed by atoms with Gasteiger partial charge < -0.3 is 10.1 Å². The molecule has 1 heterocycles. The second-order valence-electron chi connectivity index (χ2n) is 4.72. The lowest BCUT2D eigenvalue weighted by Gasteiger charge is -2.25. The van der Waals surface area contributed by atoms with Gasteiger partial charge in [0, 0.05) is 18.9 Å². The predicted molar refractivity (Wildman–Crippen MR) is 67.5 cm³/mol. The van der Waals surface area contributed by atoms with Crippen LogP contribution in [0.3, 0.4) is 0 Å². The van der Waals surface area contributed by atoms with E-state index in [0.717, 1.165) is 18.7 Å². The molecule has 0 aliphatic carbocycles. The quantitative estimate of drug-likeness (QED) is 0.851. The third kappa shape index (κ3) is 2.43. The molecule has 92 valence electrons. The number of aryl methyl sites for hydroxylation is 2. The summed E-state index contributed by atoms with van der Waals surface area (Å²) in [5, 5.41) is 2.92. The number of carbonyl (C=O) groups excluding carboxylic acids is 1. The van der Waals surface area contributed by atoms with E-state index in [1.165, 1.54) is 16.7 Å². The Hall–Kier alpha value is -1.51. The molecule has 1 amide bonds. The second kappa shape index (κ2) is 4.78. The van der Waals surface area contributed by atoms with Gasteiger partial charge in [0.15, 0.2) is 0 Å². The molecular formula is C14H19NO2. The predicted octanol–water partition coefficient (Wildman–Crippen LogP) is 2.31. The summed E-state index contributed by atoms with van der Waals surface area (Å²) >= 11 is 0. The van der Waals surface area contributed by atoms with Crippen LogP contribution in [0.5, 0.6) is 5.75 Å². The molecule has 17 heavy (non-hydrogen) atoms. The molecule has 1 saturated heterocycles. The summed E-state index contributed by atoms with van der Waals surface area (Å²) in [5.74, 6) is 1.47. The summed E-state index contributed by atoms with van der Waals surface area (Å²) in [6.45, 7) is 4.92. The van der Waals surface area contributed by atoms with Gasteiger partial charge in [-0.15, -0.1) is 0 Å². The number of hydrogen-bond acceptors (Lipinski definition) is 2. The van der Waals surface area contributed by atoms with E-state index in [2.05, 4.69) is 31.3 Å². The van der Waals surface area contributed by atoms with Crippen LogP contribution < -0.4 is 10.1 Å². The Morgan fingerprint density at radius 2 is 2.00 bits per heavy atom. The fourth-order valence-electron chi connectivity index (χ4n) is 2.31. The fourth-order valence-corrected chi connectivity index (χ4v) is 2.31. The number of nitrogens with one attached hydrogen (secondary N) is 1. The normalized spacial score (nSPS) is 19.9. The highest BCUT2D eigenvalue weighted by Gasteiger charge is 2.22. The first-order chi connectivity index (χ1) is 8.11. The average Bonchev–Trinajstić information content (AvgIpc) is 2.33. The highest BCUT2D eigenvalue weighted by molar-refractivity contribution is 5.77. The number of carbonyl (C=O) groups is 1. The van der Waals surface area contributed by atoms with Crippen molar-refractivity contribution in [2.24, 2.45) is 0 Å². The number of amides is 1. The Labute approximate surface area is 102 Å². The van der Waals surface area contributed by atoms with Crippen molar-refractivity contribution < 1.29 is 9.53 Å². The SMILES string of the molecule is COc1cc(C)c(C)cc1C1CCC(=O)NC1. The van der Waals surface area contributed by atoms with Gasteiger partial charge in [-0.05, 0) is 43.0 Å². The van der Waals surface area contributed by atoms with E-state index in [1.54, 1.807) is 7.11 Å². The van der Waals surface area contributed by atoms with E-state index < -0.39 is 0 Å². The molecule has 0 spiro atoms. The van der Waals surface area contributed by atoms with E-state index in [0.29, 0.717) is 12.3 Å². The molecule has 1 aromatic rings. The van der Waals surface area contributed by atoms with Crippen molar-refractivity contribution in [1.29, 1.82) is 0 Å². The molecule has 1 aromatic carbocycles. The Morgan fingerprint density at radius 1 is 1.29 bits per heavy atom. The summed E-state index contributed by atoms with van der Waals surface area (Å²) in [6.07, 6.45) is 1.52. The molecule has 1 unspecified atom stereocenters. The fraction of sp³-hybridized carbons (Fsp3) is 0.500. The molecule has 0 radical (unpaired) electrons. The zero-order chi connectivity index (χ0) is 12.4. The van der Waals surface area contributed by atoms with Crippen LogP contribution in [0.1, 0.15) is 35.4 Å². The largest absolute Gasteiger partial charge is 0.496 e. The molecule has 3 heteroatoms. The average molecular weight is 233 g/mol. The van der Waals surface area contributed by atoms with Crippen LogP contribution in [-0.2, 0) is 4.79 Å². The van der Waals surface area contributed by atoms with Crippen molar-refractivity contribution in [2.45, 2.75) is 32.6 Å². The number of benzene rings is 1. The van der Waals surface area contributed by atoms with Gasteiger partial charge in [0.05, 0.1) is 7.11 Å². The first kappa shape index (κ1) is 12.0. The van der Waals surface area contributed by atoms with Crippen LogP contribution in [-0.4, -0.2) is 19.6 Å². The molecule has 1 aliphatic heterocycles. The molecule has 1 atom stereocenters. The molecule has 1 N–H and O–H groups in total. The van der Waals surface area contributed by atoms with Gasteiger partial charge >= 0.3 is 0 Å². The maximum atomic E-state index is 11.2. The Balaban J connectivity index is 2.30. The first-order valence-electron chi connectivity index (χ1n) is 6.03. The van der Waals surface area contributed by atoms with Gasteiger partial charge in [-0.1, -0.05) is 6.07 Å². The summed E-state index contributed by atoms with van der Waals surface area (Å²) in [6, 6.07) is 4.28. The van der Waals surface area contributed by atoms with Crippen molar-refractivity contribution >= 4 is 5.91 Å². The van der Waals surface area contributed by atoms with E-state index in [1.807, 2.05) is 0 Å². The third-order valence-corrected chi connectivity index (χ3v) is 3.55. The lowest BCUT2D eigenvalue weighted by Crippen LogP contribution is -2.33. The molecular weight excluding hydrogens is 214 g/mol. The Morgan fingerprint density at radius 3 is 2.59 bits per heavy atom. The topological polar surface area (TPSA) is 38.3 Å². The summed E-state index contributed by atoms with van der Waals surface area (Å²) in [4.78, 5) is 11.2. The van der Waals surface area contributed by atoms with Crippen molar-refractivity contribution in [3.8, 4) is 5.75 Å². The molecule has 2 rings (SSSR count). The van der Waals surface area contributed by atoms with Gasteiger partial charge in [0.2, 0.25) is 5.91 Å². The van der Waals surface area contributed by atoms with Gasteiger partial charge in [-0.3, -0.25) is 4.79 Å². The Kier molecular flexibility index (Phi) is 3.36. The smallest absolute Gasteiger partial charge is 0.220 e. The maximum absolute atomic E-state index is 11.2. The van der Waals surface area contributed by atoms with E-state index in [9.17, 15) is 4.79 Å².